The molecular weight excluding hydrogens is 379 g/mol. The summed E-state index contributed by atoms with van der Waals surface area (Å²) in [7, 11) is 0. The Balaban J connectivity index is 1.70. The van der Waals surface area contributed by atoms with Crippen LogP contribution in [0.5, 0.6) is 0 Å². The zero-order chi connectivity index (χ0) is 21.1. The van der Waals surface area contributed by atoms with Crippen molar-refractivity contribution in [2.75, 3.05) is 17.7 Å². The van der Waals surface area contributed by atoms with Crippen molar-refractivity contribution < 1.29 is 18.7 Å². The molecule has 150 valence electrons. The minimum Gasteiger partial charge on any atom is -0.452 e. The second-order valence-electron chi connectivity index (χ2n) is 6.39. The highest BCUT2D eigenvalue weighted by molar-refractivity contribution is 5.98. The Morgan fingerprint density at radius 1 is 1.10 bits per heavy atom. The van der Waals surface area contributed by atoms with Gasteiger partial charge in [0.15, 0.2) is 6.61 Å². The lowest BCUT2D eigenvalue weighted by Gasteiger charge is -2.10. The Kier molecular flexibility index (Phi) is 5.53. The summed E-state index contributed by atoms with van der Waals surface area (Å²) in [6.07, 6.45) is 0. The number of nitrogens with one attached hydrogen (secondary N) is 1. The lowest BCUT2D eigenvalue weighted by Crippen LogP contribution is -2.23. The molecule has 1 aromatic carbocycles. The molecule has 0 aliphatic heterocycles. The first kappa shape index (κ1) is 19.9. The van der Waals surface area contributed by atoms with Gasteiger partial charge in [-0.15, -0.1) is 0 Å². The average Bonchev–Trinajstić information content (AvgIpc) is 2.99. The molecule has 2 aromatic heterocycles. The summed E-state index contributed by atoms with van der Waals surface area (Å²) in [5.41, 5.74) is 7.64. The van der Waals surface area contributed by atoms with Crippen molar-refractivity contribution in [3.63, 3.8) is 0 Å². The lowest BCUT2D eigenvalue weighted by molar-refractivity contribution is -0.119. The summed E-state index contributed by atoms with van der Waals surface area (Å²) in [6.45, 7) is 4.85. The van der Waals surface area contributed by atoms with E-state index in [0.717, 1.165) is 23.5 Å². The number of ether oxygens (including phenoxy) is 1. The van der Waals surface area contributed by atoms with E-state index in [1.54, 1.807) is 13.0 Å². The van der Waals surface area contributed by atoms with Gasteiger partial charge in [0.1, 0.15) is 11.6 Å². The Bertz CT molecular complexity index is 1080. The molecule has 0 atom stereocenters. The molecule has 3 rings (SSSR count). The minimum atomic E-state index is -0.833. The molecule has 0 fully saturated rings. The van der Waals surface area contributed by atoms with E-state index >= 15 is 0 Å². The van der Waals surface area contributed by atoms with E-state index in [4.69, 9.17) is 10.5 Å². The van der Waals surface area contributed by atoms with Gasteiger partial charge in [-0.2, -0.15) is 9.78 Å². The van der Waals surface area contributed by atoms with Crippen LogP contribution in [0.2, 0.25) is 0 Å². The third-order valence-electron chi connectivity index (χ3n) is 3.83. The van der Waals surface area contributed by atoms with E-state index in [-0.39, 0.29) is 11.3 Å². The summed E-state index contributed by atoms with van der Waals surface area (Å²) in [4.78, 5) is 33.0. The zero-order valence-electron chi connectivity index (χ0n) is 16.1. The monoisotopic (exact) mass is 398 g/mol. The molecule has 0 unspecified atom stereocenters. The van der Waals surface area contributed by atoms with Crippen molar-refractivity contribution in [2.24, 2.45) is 0 Å². The van der Waals surface area contributed by atoms with Crippen molar-refractivity contribution in [3.8, 4) is 5.95 Å². The van der Waals surface area contributed by atoms with E-state index in [1.807, 2.05) is 19.9 Å². The van der Waals surface area contributed by atoms with E-state index in [9.17, 15) is 14.0 Å². The Labute approximate surface area is 165 Å². The molecule has 3 aromatic rings. The van der Waals surface area contributed by atoms with Gasteiger partial charge in [-0.3, -0.25) is 4.79 Å². The van der Waals surface area contributed by atoms with E-state index < -0.39 is 24.3 Å². The van der Waals surface area contributed by atoms with Crippen LogP contribution in [-0.2, 0) is 9.53 Å². The summed E-state index contributed by atoms with van der Waals surface area (Å²) >= 11 is 0. The van der Waals surface area contributed by atoms with Gasteiger partial charge in [0.05, 0.1) is 11.3 Å². The molecule has 0 saturated heterocycles. The van der Waals surface area contributed by atoms with Gasteiger partial charge in [0.25, 0.3) is 11.9 Å². The number of nitrogen functional groups attached to an aromatic ring is 1. The molecule has 0 spiro atoms. The van der Waals surface area contributed by atoms with Crippen LogP contribution in [0.25, 0.3) is 5.95 Å². The number of carbonyl (C=O) groups excluding carboxylic acids is 2. The highest BCUT2D eigenvalue weighted by Crippen LogP contribution is 2.16. The maximum Gasteiger partial charge on any atom is 0.340 e. The Hall–Kier alpha value is -3.82. The quantitative estimate of drug-likeness (QED) is 0.498. The first-order valence-corrected chi connectivity index (χ1v) is 8.64. The number of anilines is 2. The fourth-order valence-corrected chi connectivity index (χ4v) is 2.65. The van der Waals surface area contributed by atoms with Gasteiger partial charge in [0.2, 0.25) is 0 Å². The molecular formula is C19H19FN6O3. The summed E-state index contributed by atoms with van der Waals surface area (Å²) in [6, 6.07) is 6.73. The molecule has 0 aliphatic carbocycles. The number of aryl methyl sites for hydroxylation is 3. The van der Waals surface area contributed by atoms with Crippen LogP contribution >= 0.6 is 0 Å². The largest absolute Gasteiger partial charge is 0.452 e. The number of carbonyl (C=O) groups is 2. The highest BCUT2D eigenvalue weighted by atomic mass is 19.1. The normalized spacial score (nSPS) is 10.6. The number of halogens is 1. The second-order valence-corrected chi connectivity index (χ2v) is 6.39. The topological polar surface area (TPSA) is 125 Å². The third-order valence-corrected chi connectivity index (χ3v) is 3.83. The first-order chi connectivity index (χ1) is 13.7. The third kappa shape index (κ3) is 4.72. The number of benzene rings is 1. The summed E-state index contributed by atoms with van der Waals surface area (Å²) in [5, 5.41) is 6.91. The predicted octanol–water partition coefficient (Wildman–Crippen LogP) is 2.10. The molecule has 2 heterocycles. The molecule has 0 aliphatic rings. The van der Waals surface area contributed by atoms with Crippen LogP contribution in [0.1, 0.15) is 27.4 Å². The van der Waals surface area contributed by atoms with Crippen molar-refractivity contribution in [3.05, 3.63) is 58.8 Å². The standard InChI is InChI=1S/C19H19FN6O3/c1-10-6-11(2)23-19(22-10)26-16(7-12(3)25-26)24-17(27)9-29-18(28)14-5-4-13(20)8-15(14)21/h4-8H,9,21H2,1-3H3,(H,24,27). The molecule has 3 N–H and O–H groups in total. The van der Waals surface area contributed by atoms with Crippen molar-refractivity contribution >= 4 is 23.4 Å². The van der Waals surface area contributed by atoms with Gasteiger partial charge in [-0.05, 0) is 45.0 Å². The fraction of sp³-hybridized carbons (Fsp3) is 0.211. The van der Waals surface area contributed by atoms with Gasteiger partial charge in [0, 0.05) is 23.1 Å². The molecule has 0 radical (unpaired) electrons. The van der Waals surface area contributed by atoms with Gasteiger partial charge in [-0.25, -0.2) is 19.2 Å². The molecule has 1 amide bonds. The van der Waals surface area contributed by atoms with Crippen LogP contribution in [-0.4, -0.2) is 38.2 Å². The lowest BCUT2D eigenvalue weighted by atomic mass is 10.2. The Morgan fingerprint density at radius 3 is 2.45 bits per heavy atom. The average molecular weight is 398 g/mol. The minimum absolute atomic E-state index is 0.0243. The van der Waals surface area contributed by atoms with Crippen molar-refractivity contribution in [1.82, 2.24) is 19.7 Å². The van der Waals surface area contributed by atoms with Crippen LogP contribution < -0.4 is 11.1 Å². The summed E-state index contributed by atoms with van der Waals surface area (Å²) < 4.78 is 19.4. The van der Waals surface area contributed by atoms with E-state index in [0.29, 0.717) is 17.5 Å². The van der Waals surface area contributed by atoms with E-state index in [2.05, 4.69) is 20.4 Å². The van der Waals surface area contributed by atoms with E-state index in [1.165, 1.54) is 10.7 Å². The van der Waals surface area contributed by atoms with Gasteiger partial charge in [-0.1, -0.05) is 0 Å². The highest BCUT2D eigenvalue weighted by Gasteiger charge is 2.17. The molecule has 0 saturated carbocycles. The molecule has 29 heavy (non-hydrogen) atoms. The number of hydrogen-bond donors (Lipinski definition) is 2. The number of rotatable bonds is 5. The van der Waals surface area contributed by atoms with Crippen LogP contribution in [0.3, 0.4) is 0 Å². The Morgan fingerprint density at radius 2 is 1.79 bits per heavy atom. The summed E-state index contributed by atoms with van der Waals surface area (Å²) in [5.74, 6) is -1.37. The number of esters is 1. The van der Waals surface area contributed by atoms with Crippen LogP contribution in [0.4, 0.5) is 15.9 Å². The smallest absolute Gasteiger partial charge is 0.340 e. The maximum atomic E-state index is 13.1. The number of nitrogens with two attached hydrogens (primary N) is 1. The van der Waals surface area contributed by atoms with Gasteiger partial charge < -0.3 is 15.8 Å². The molecule has 10 heteroatoms. The maximum absolute atomic E-state index is 13.1. The number of amides is 1. The SMILES string of the molecule is Cc1cc(C)nc(-n2nc(C)cc2NC(=O)COC(=O)c2ccc(F)cc2N)n1. The zero-order valence-corrected chi connectivity index (χ0v) is 16.1. The number of nitrogens with zero attached hydrogens (tertiary/aromatic N) is 4. The predicted molar refractivity (Wildman–Crippen MR) is 103 cm³/mol. The molecule has 0 bridgehead atoms. The fourth-order valence-electron chi connectivity index (χ4n) is 2.65. The molecule has 9 nitrogen and oxygen atoms in total. The van der Waals surface area contributed by atoms with Crippen molar-refractivity contribution in [1.29, 1.82) is 0 Å². The first-order valence-electron chi connectivity index (χ1n) is 8.64. The number of hydrogen-bond acceptors (Lipinski definition) is 7. The number of aromatic nitrogens is 4. The van der Waals surface area contributed by atoms with Gasteiger partial charge >= 0.3 is 5.97 Å². The van der Waals surface area contributed by atoms with Crippen LogP contribution in [0, 0.1) is 26.6 Å². The van der Waals surface area contributed by atoms with Crippen LogP contribution in [0.15, 0.2) is 30.3 Å². The van der Waals surface area contributed by atoms with Crippen molar-refractivity contribution in [2.45, 2.75) is 20.8 Å². The second kappa shape index (κ2) is 8.05.